The van der Waals surface area contributed by atoms with E-state index in [0.717, 1.165) is 37.5 Å². The minimum Gasteiger partial charge on any atom is -0.487 e. The molecule has 0 saturated carbocycles. The number of carbonyl (C=O) groups excluding carboxylic acids is 1. The van der Waals surface area contributed by atoms with Crippen LogP contribution in [0, 0.1) is 0 Å². The predicted molar refractivity (Wildman–Crippen MR) is 109 cm³/mol. The van der Waals surface area contributed by atoms with Crippen molar-refractivity contribution in [3.8, 4) is 5.75 Å². The number of imidazole rings is 1. The van der Waals surface area contributed by atoms with E-state index in [0.29, 0.717) is 17.9 Å². The highest BCUT2D eigenvalue weighted by atomic mass is 35.5. The molecule has 1 fully saturated rings. The van der Waals surface area contributed by atoms with E-state index >= 15 is 0 Å². The van der Waals surface area contributed by atoms with E-state index in [9.17, 15) is 4.79 Å². The van der Waals surface area contributed by atoms with Crippen molar-refractivity contribution in [3.63, 3.8) is 0 Å². The van der Waals surface area contributed by atoms with Crippen LogP contribution >= 0.6 is 24.8 Å². The van der Waals surface area contributed by atoms with E-state index in [-0.39, 0.29) is 30.7 Å². The lowest BCUT2D eigenvalue weighted by molar-refractivity contribution is 0.0735. The summed E-state index contributed by atoms with van der Waals surface area (Å²) < 4.78 is 7.80. The van der Waals surface area contributed by atoms with Crippen molar-refractivity contribution in [2.45, 2.75) is 6.61 Å². The van der Waals surface area contributed by atoms with Gasteiger partial charge in [-0.25, -0.2) is 4.98 Å². The molecule has 3 aromatic rings. The van der Waals surface area contributed by atoms with E-state index in [2.05, 4.69) is 10.3 Å². The second-order valence-electron chi connectivity index (χ2n) is 6.06. The summed E-state index contributed by atoms with van der Waals surface area (Å²) in [6.07, 6.45) is 3.91. The van der Waals surface area contributed by atoms with Gasteiger partial charge in [-0.1, -0.05) is 12.1 Å². The Morgan fingerprint density at radius 2 is 1.93 bits per heavy atom. The fourth-order valence-corrected chi connectivity index (χ4v) is 2.98. The van der Waals surface area contributed by atoms with Gasteiger partial charge >= 0.3 is 0 Å². The van der Waals surface area contributed by atoms with Crippen LogP contribution in [0.2, 0.25) is 0 Å². The fourth-order valence-electron chi connectivity index (χ4n) is 2.98. The number of nitrogens with zero attached hydrogens (tertiary/aromatic N) is 3. The number of aromatic nitrogens is 2. The molecule has 3 heterocycles. The molecular formula is C19H22Cl2N4O2. The Hall–Kier alpha value is -2.28. The second kappa shape index (κ2) is 9.60. The Balaban J connectivity index is 0.00000131. The Bertz CT molecular complexity index is 861. The monoisotopic (exact) mass is 408 g/mol. The third-order valence-electron chi connectivity index (χ3n) is 4.29. The summed E-state index contributed by atoms with van der Waals surface area (Å²) in [6, 6.07) is 13.2. The summed E-state index contributed by atoms with van der Waals surface area (Å²) >= 11 is 0. The van der Waals surface area contributed by atoms with E-state index in [1.807, 2.05) is 58.1 Å². The van der Waals surface area contributed by atoms with Gasteiger partial charge in [-0.05, 0) is 30.3 Å². The fraction of sp³-hybridized carbons (Fsp3) is 0.263. The van der Waals surface area contributed by atoms with Crippen LogP contribution in [0.3, 0.4) is 0 Å². The number of piperazine rings is 1. The number of nitrogens with one attached hydrogen (secondary N) is 1. The minimum absolute atomic E-state index is 0. The van der Waals surface area contributed by atoms with Crippen LogP contribution in [-0.4, -0.2) is 46.4 Å². The molecule has 144 valence electrons. The van der Waals surface area contributed by atoms with Gasteiger partial charge in [-0.15, -0.1) is 24.8 Å². The first kappa shape index (κ1) is 21.0. The number of fused-ring (bicyclic) bond motifs is 1. The zero-order chi connectivity index (χ0) is 17.1. The Morgan fingerprint density at radius 3 is 2.70 bits per heavy atom. The van der Waals surface area contributed by atoms with E-state index in [1.54, 1.807) is 6.07 Å². The highest BCUT2D eigenvalue weighted by Crippen LogP contribution is 2.17. The van der Waals surface area contributed by atoms with Crippen LogP contribution in [0.5, 0.6) is 5.75 Å². The molecule has 0 unspecified atom stereocenters. The number of rotatable bonds is 4. The highest BCUT2D eigenvalue weighted by molar-refractivity contribution is 5.94. The maximum absolute atomic E-state index is 12.6. The largest absolute Gasteiger partial charge is 0.487 e. The molecule has 0 atom stereocenters. The average molecular weight is 409 g/mol. The molecule has 0 spiro atoms. The maximum Gasteiger partial charge on any atom is 0.254 e. The summed E-state index contributed by atoms with van der Waals surface area (Å²) in [5.74, 6) is 0.734. The Morgan fingerprint density at radius 1 is 1.11 bits per heavy atom. The molecule has 1 aliphatic heterocycles. The third-order valence-corrected chi connectivity index (χ3v) is 4.29. The molecular weight excluding hydrogens is 387 g/mol. The lowest BCUT2D eigenvalue weighted by Gasteiger charge is -2.27. The molecule has 4 rings (SSSR count). The lowest BCUT2D eigenvalue weighted by atomic mass is 10.1. The van der Waals surface area contributed by atoms with Gasteiger partial charge < -0.3 is 19.4 Å². The summed E-state index contributed by atoms with van der Waals surface area (Å²) in [5, 5.41) is 3.25. The molecule has 1 aromatic carbocycles. The van der Waals surface area contributed by atoms with Gasteiger partial charge in [0, 0.05) is 44.1 Å². The van der Waals surface area contributed by atoms with Crippen LogP contribution in [0.15, 0.2) is 54.9 Å². The summed E-state index contributed by atoms with van der Waals surface area (Å²) in [4.78, 5) is 19.0. The van der Waals surface area contributed by atoms with Crippen LogP contribution < -0.4 is 10.1 Å². The molecule has 1 aliphatic rings. The highest BCUT2D eigenvalue weighted by Gasteiger charge is 2.18. The second-order valence-corrected chi connectivity index (χ2v) is 6.06. The molecule has 0 radical (unpaired) electrons. The predicted octanol–water partition coefficient (Wildman–Crippen LogP) is 2.80. The Labute approximate surface area is 170 Å². The third kappa shape index (κ3) is 4.91. The van der Waals surface area contributed by atoms with Gasteiger partial charge in [0.2, 0.25) is 0 Å². The number of ether oxygens (including phenoxy) is 1. The molecule has 1 amide bonds. The van der Waals surface area contributed by atoms with Crippen LogP contribution in [0.25, 0.3) is 5.65 Å². The number of carbonyl (C=O) groups is 1. The molecule has 0 aliphatic carbocycles. The molecule has 0 bridgehead atoms. The standard InChI is InChI=1S/C19H20N4O2.2ClH/c24-19(22-10-7-20-8-11-22)15-4-3-5-17(12-15)25-14-16-13-23-9-2-1-6-18(23)21-16;;/h1-6,9,12-13,20H,7-8,10-11,14H2;2*1H. The van der Waals surface area contributed by atoms with Gasteiger partial charge in [-0.3, -0.25) is 4.79 Å². The van der Waals surface area contributed by atoms with Crippen molar-refractivity contribution in [2.75, 3.05) is 26.2 Å². The number of benzene rings is 1. The zero-order valence-corrected chi connectivity index (χ0v) is 16.3. The molecule has 6 nitrogen and oxygen atoms in total. The molecule has 2 aromatic heterocycles. The SMILES string of the molecule is Cl.Cl.O=C(c1cccc(OCc2cn3ccccc3n2)c1)N1CCNCC1. The summed E-state index contributed by atoms with van der Waals surface area (Å²) in [6.45, 7) is 3.54. The number of hydrogen-bond donors (Lipinski definition) is 1. The van der Waals surface area contributed by atoms with Gasteiger partial charge in [0.1, 0.15) is 18.0 Å². The first-order chi connectivity index (χ1) is 12.3. The van der Waals surface area contributed by atoms with E-state index in [4.69, 9.17) is 4.74 Å². The van der Waals surface area contributed by atoms with Crippen LogP contribution in [-0.2, 0) is 6.61 Å². The van der Waals surface area contributed by atoms with Crippen molar-refractivity contribution in [1.29, 1.82) is 0 Å². The smallest absolute Gasteiger partial charge is 0.254 e. The molecule has 1 saturated heterocycles. The minimum atomic E-state index is 0. The number of pyridine rings is 1. The van der Waals surface area contributed by atoms with Gasteiger partial charge in [0.25, 0.3) is 5.91 Å². The summed E-state index contributed by atoms with van der Waals surface area (Å²) in [5.41, 5.74) is 2.41. The maximum atomic E-state index is 12.6. The van der Waals surface area contributed by atoms with Gasteiger partial charge in [0.15, 0.2) is 0 Å². The quantitative estimate of drug-likeness (QED) is 0.720. The first-order valence-corrected chi connectivity index (χ1v) is 8.45. The molecule has 1 N–H and O–H groups in total. The average Bonchev–Trinajstić information content (AvgIpc) is 3.10. The summed E-state index contributed by atoms with van der Waals surface area (Å²) in [7, 11) is 0. The van der Waals surface area contributed by atoms with Crippen molar-refractivity contribution >= 4 is 36.4 Å². The number of halogens is 2. The van der Waals surface area contributed by atoms with Crippen molar-refractivity contribution in [3.05, 3.63) is 66.1 Å². The normalized spacial score (nSPS) is 13.6. The lowest BCUT2D eigenvalue weighted by Crippen LogP contribution is -2.46. The van der Waals surface area contributed by atoms with E-state index < -0.39 is 0 Å². The first-order valence-electron chi connectivity index (χ1n) is 8.45. The van der Waals surface area contributed by atoms with E-state index in [1.165, 1.54) is 0 Å². The molecule has 27 heavy (non-hydrogen) atoms. The van der Waals surface area contributed by atoms with Gasteiger partial charge in [0.05, 0.1) is 5.69 Å². The van der Waals surface area contributed by atoms with Crippen LogP contribution in [0.4, 0.5) is 0 Å². The topological polar surface area (TPSA) is 58.9 Å². The number of amides is 1. The van der Waals surface area contributed by atoms with Crippen molar-refractivity contribution in [2.24, 2.45) is 0 Å². The zero-order valence-electron chi connectivity index (χ0n) is 14.7. The van der Waals surface area contributed by atoms with Crippen molar-refractivity contribution < 1.29 is 9.53 Å². The van der Waals surface area contributed by atoms with Crippen molar-refractivity contribution in [1.82, 2.24) is 19.6 Å². The number of hydrogen-bond acceptors (Lipinski definition) is 4. The van der Waals surface area contributed by atoms with Crippen LogP contribution in [0.1, 0.15) is 16.1 Å². The van der Waals surface area contributed by atoms with Gasteiger partial charge in [-0.2, -0.15) is 0 Å². The Kier molecular flexibility index (Phi) is 7.47. The molecule has 8 heteroatoms.